The Labute approximate surface area is 123 Å². The van der Waals surface area contributed by atoms with E-state index >= 15 is 0 Å². The van der Waals surface area contributed by atoms with Crippen molar-refractivity contribution in [1.29, 1.82) is 0 Å². The average molecular weight is 295 g/mol. The molecule has 4 nitrogen and oxygen atoms in total. The monoisotopic (exact) mass is 294 g/mol. The Hall–Kier alpha value is -1.52. The number of carbonyl (C=O) groups excluding carboxylic acids is 1. The summed E-state index contributed by atoms with van der Waals surface area (Å²) in [6, 6.07) is 5.73. The van der Waals surface area contributed by atoms with E-state index in [1.54, 1.807) is 0 Å². The molecule has 2 aromatic rings. The zero-order valence-electron chi connectivity index (χ0n) is 11.4. The lowest BCUT2D eigenvalue weighted by atomic mass is 10.1. The van der Waals surface area contributed by atoms with Crippen LogP contribution in [0, 0.1) is 5.92 Å². The SMILES string of the molecule is CC(CO)CC(=O)NCCc1c[nH]c2ccc(Cl)cc12. The fourth-order valence-electron chi connectivity index (χ4n) is 2.15. The highest BCUT2D eigenvalue weighted by Gasteiger charge is 2.08. The Morgan fingerprint density at radius 2 is 2.30 bits per heavy atom. The summed E-state index contributed by atoms with van der Waals surface area (Å²) in [5.41, 5.74) is 2.18. The smallest absolute Gasteiger partial charge is 0.220 e. The fraction of sp³-hybridized carbons (Fsp3) is 0.400. The van der Waals surface area contributed by atoms with Gasteiger partial charge < -0.3 is 15.4 Å². The van der Waals surface area contributed by atoms with Crippen LogP contribution < -0.4 is 5.32 Å². The minimum absolute atomic E-state index is 0.00175. The Morgan fingerprint density at radius 3 is 3.05 bits per heavy atom. The van der Waals surface area contributed by atoms with E-state index in [9.17, 15) is 4.79 Å². The molecule has 5 heteroatoms. The number of amides is 1. The third-order valence-electron chi connectivity index (χ3n) is 3.29. The van der Waals surface area contributed by atoms with Crippen molar-refractivity contribution in [3.05, 3.63) is 35.0 Å². The van der Waals surface area contributed by atoms with Crippen LogP contribution in [0.3, 0.4) is 0 Å². The van der Waals surface area contributed by atoms with Crippen LogP contribution in [0.2, 0.25) is 5.02 Å². The second kappa shape index (κ2) is 6.77. The van der Waals surface area contributed by atoms with Gasteiger partial charge >= 0.3 is 0 Å². The molecule has 0 saturated carbocycles. The highest BCUT2D eigenvalue weighted by molar-refractivity contribution is 6.31. The second-order valence-corrected chi connectivity index (χ2v) is 5.53. The first kappa shape index (κ1) is 14.9. The summed E-state index contributed by atoms with van der Waals surface area (Å²) in [7, 11) is 0. The maximum Gasteiger partial charge on any atom is 0.220 e. The quantitative estimate of drug-likeness (QED) is 0.766. The Kier molecular flexibility index (Phi) is 5.04. The molecule has 0 aliphatic carbocycles. The van der Waals surface area contributed by atoms with Gasteiger partial charge in [0.1, 0.15) is 0 Å². The van der Waals surface area contributed by atoms with Gasteiger partial charge in [-0.2, -0.15) is 0 Å². The van der Waals surface area contributed by atoms with Crippen LogP contribution in [0.25, 0.3) is 10.9 Å². The van der Waals surface area contributed by atoms with Crippen molar-refractivity contribution in [3.8, 4) is 0 Å². The van der Waals surface area contributed by atoms with E-state index < -0.39 is 0 Å². The van der Waals surface area contributed by atoms with E-state index in [1.807, 2.05) is 31.3 Å². The number of halogens is 1. The molecule has 2 rings (SSSR count). The van der Waals surface area contributed by atoms with Crippen molar-refractivity contribution >= 4 is 28.4 Å². The normalized spacial score (nSPS) is 12.6. The molecule has 3 N–H and O–H groups in total. The van der Waals surface area contributed by atoms with Gasteiger partial charge in [-0.05, 0) is 36.1 Å². The summed E-state index contributed by atoms with van der Waals surface area (Å²) in [4.78, 5) is 14.8. The van der Waals surface area contributed by atoms with Crippen molar-refractivity contribution in [3.63, 3.8) is 0 Å². The number of rotatable bonds is 6. The van der Waals surface area contributed by atoms with Gasteiger partial charge in [0, 0.05) is 41.7 Å². The predicted molar refractivity (Wildman–Crippen MR) is 80.9 cm³/mol. The summed E-state index contributed by atoms with van der Waals surface area (Å²) >= 11 is 6.00. The molecule has 0 bridgehead atoms. The first-order valence-corrected chi connectivity index (χ1v) is 7.11. The highest BCUT2D eigenvalue weighted by Crippen LogP contribution is 2.22. The summed E-state index contributed by atoms with van der Waals surface area (Å²) in [5.74, 6) is -0.0219. The number of nitrogens with one attached hydrogen (secondary N) is 2. The molecule has 0 radical (unpaired) electrons. The highest BCUT2D eigenvalue weighted by atomic mass is 35.5. The summed E-state index contributed by atoms with van der Waals surface area (Å²) in [6.07, 6.45) is 3.05. The third kappa shape index (κ3) is 3.74. The van der Waals surface area contributed by atoms with Crippen molar-refractivity contribution in [2.24, 2.45) is 5.92 Å². The van der Waals surface area contributed by atoms with Gasteiger partial charge in [0.15, 0.2) is 0 Å². The molecule has 20 heavy (non-hydrogen) atoms. The van der Waals surface area contributed by atoms with Gasteiger partial charge in [0.25, 0.3) is 0 Å². The minimum atomic E-state index is -0.0237. The zero-order valence-corrected chi connectivity index (χ0v) is 12.2. The van der Waals surface area contributed by atoms with Gasteiger partial charge in [0.2, 0.25) is 5.91 Å². The first-order chi connectivity index (χ1) is 9.60. The number of hydrogen-bond donors (Lipinski definition) is 3. The Balaban J connectivity index is 1.90. The molecule has 0 fully saturated rings. The standard InChI is InChI=1S/C15H19ClN2O2/c1-10(9-19)6-15(20)17-5-4-11-8-18-14-3-2-12(16)7-13(11)14/h2-3,7-8,10,18-19H,4-6,9H2,1H3,(H,17,20). The molecule has 1 unspecified atom stereocenters. The molecule has 1 heterocycles. The van der Waals surface area contributed by atoms with Crippen LogP contribution in [0.1, 0.15) is 18.9 Å². The first-order valence-electron chi connectivity index (χ1n) is 6.73. The maximum absolute atomic E-state index is 11.6. The molecule has 1 aromatic carbocycles. The molecule has 0 aliphatic heterocycles. The number of benzene rings is 1. The van der Waals surface area contributed by atoms with Crippen LogP contribution in [0.5, 0.6) is 0 Å². The number of aromatic nitrogens is 1. The third-order valence-corrected chi connectivity index (χ3v) is 3.53. The summed E-state index contributed by atoms with van der Waals surface area (Å²) in [6.45, 7) is 2.46. The average Bonchev–Trinajstić information content (AvgIpc) is 2.81. The number of H-pyrrole nitrogens is 1. The maximum atomic E-state index is 11.6. The molecule has 1 atom stereocenters. The molecular formula is C15H19ClN2O2. The molecule has 1 aromatic heterocycles. The van der Waals surface area contributed by atoms with E-state index in [-0.39, 0.29) is 18.4 Å². The van der Waals surface area contributed by atoms with Crippen LogP contribution >= 0.6 is 11.6 Å². The lowest BCUT2D eigenvalue weighted by Gasteiger charge is -2.08. The van der Waals surface area contributed by atoms with Gasteiger partial charge in [-0.1, -0.05) is 18.5 Å². The van der Waals surface area contributed by atoms with Gasteiger partial charge in [-0.25, -0.2) is 0 Å². The number of aliphatic hydroxyl groups excluding tert-OH is 1. The molecule has 0 spiro atoms. The number of carbonyl (C=O) groups is 1. The summed E-state index contributed by atoms with van der Waals surface area (Å²) in [5, 5.41) is 13.6. The second-order valence-electron chi connectivity index (χ2n) is 5.10. The summed E-state index contributed by atoms with van der Waals surface area (Å²) < 4.78 is 0. The zero-order chi connectivity index (χ0) is 14.5. The number of aromatic amines is 1. The molecule has 108 valence electrons. The van der Waals surface area contributed by atoms with E-state index in [0.717, 1.165) is 22.9 Å². The number of fused-ring (bicyclic) bond motifs is 1. The topological polar surface area (TPSA) is 65.1 Å². The van der Waals surface area contributed by atoms with Crippen molar-refractivity contribution in [2.75, 3.05) is 13.2 Å². The van der Waals surface area contributed by atoms with Gasteiger partial charge in [0.05, 0.1) is 0 Å². The largest absolute Gasteiger partial charge is 0.396 e. The van der Waals surface area contributed by atoms with E-state index in [0.29, 0.717) is 18.0 Å². The van der Waals surface area contributed by atoms with Crippen molar-refractivity contribution < 1.29 is 9.90 Å². The van der Waals surface area contributed by atoms with Crippen molar-refractivity contribution in [2.45, 2.75) is 19.8 Å². The predicted octanol–water partition coefficient (Wildman–Crippen LogP) is 2.50. The van der Waals surface area contributed by atoms with Crippen LogP contribution in [0.15, 0.2) is 24.4 Å². The van der Waals surface area contributed by atoms with Crippen molar-refractivity contribution in [1.82, 2.24) is 10.3 Å². The molecule has 0 saturated heterocycles. The van der Waals surface area contributed by atoms with Crippen LogP contribution in [-0.2, 0) is 11.2 Å². The van der Waals surface area contributed by atoms with E-state index in [2.05, 4.69) is 10.3 Å². The lowest BCUT2D eigenvalue weighted by molar-refractivity contribution is -0.122. The molecule has 0 aliphatic rings. The van der Waals surface area contributed by atoms with Gasteiger partial charge in [-0.3, -0.25) is 4.79 Å². The number of aliphatic hydroxyl groups is 1. The number of hydrogen-bond acceptors (Lipinski definition) is 2. The fourth-order valence-corrected chi connectivity index (χ4v) is 2.32. The Morgan fingerprint density at radius 1 is 1.50 bits per heavy atom. The van der Waals surface area contributed by atoms with Gasteiger partial charge in [-0.15, -0.1) is 0 Å². The Bertz CT molecular complexity index is 595. The molecular weight excluding hydrogens is 276 g/mol. The van der Waals surface area contributed by atoms with E-state index in [4.69, 9.17) is 16.7 Å². The molecule has 1 amide bonds. The lowest BCUT2D eigenvalue weighted by Crippen LogP contribution is -2.27. The van der Waals surface area contributed by atoms with Crippen LogP contribution in [0.4, 0.5) is 0 Å². The minimum Gasteiger partial charge on any atom is -0.396 e. The van der Waals surface area contributed by atoms with E-state index in [1.165, 1.54) is 0 Å². The van der Waals surface area contributed by atoms with Crippen LogP contribution in [-0.4, -0.2) is 29.1 Å².